The monoisotopic (exact) mass is 113 g/mol. The zero-order valence-electron chi connectivity index (χ0n) is 5.18. The van der Waals surface area contributed by atoms with E-state index in [1.807, 2.05) is 0 Å². The molecule has 0 aliphatic rings. The average Bonchev–Trinajstić information content (AvgIpc) is 1.83. The van der Waals surface area contributed by atoms with Gasteiger partial charge in [0.2, 0.25) is 0 Å². The molecular formula is C5H11N3. The van der Waals surface area contributed by atoms with Crippen molar-refractivity contribution in [3.63, 3.8) is 0 Å². The fraction of sp³-hybridized carbons (Fsp3) is 0.400. The summed E-state index contributed by atoms with van der Waals surface area (Å²) in [7, 11) is 3.45. The maximum absolute atomic E-state index is 5.32. The lowest BCUT2D eigenvalue weighted by Crippen LogP contribution is -2.14. The Morgan fingerprint density at radius 2 is 2.38 bits per heavy atom. The van der Waals surface area contributed by atoms with Crippen molar-refractivity contribution < 1.29 is 0 Å². The summed E-state index contributed by atoms with van der Waals surface area (Å²) in [6.45, 7) is 0. The fourth-order valence-corrected chi connectivity index (χ4v) is 0.238. The molecule has 0 aliphatic carbocycles. The Kier molecular flexibility index (Phi) is 3.66. The van der Waals surface area contributed by atoms with E-state index in [0.29, 0.717) is 5.82 Å². The SMILES string of the molecule is C/N=C\C=C(\N)NC. The second-order valence-electron chi connectivity index (χ2n) is 1.28. The molecule has 0 radical (unpaired) electrons. The van der Waals surface area contributed by atoms with Crippen molar-refractivity contribution in [1.82, 2.24) is 5.32 Å². The van der Waals surface area contributed by atoms with Crippen LogP contribution in [0.5, 0.6) is 0 Å². The van der Waals surface area contributed by atoms with E-state index in [1.54, 1.807) is 26.4 Å². The molecule has 0 fully saturated rings. The average molecular weight is 113 g/mol. The molecule has 0 saturated carbocycles. The van der Waals surface area contributed by atoms with E-state index in [0.717, 1.165) is 0 Å². The van der Waals surface area contributed by atoms with Gasteiger partial charge in [-0.1, -0.05) is 0 Å². The first kappa shape index (κ1) is 7.01. The van der Waals surface area contributed by atoms with Gasteiger partial charge in [0.25, 0.3) is 0 Å². The Balaban J connectivity index is 3.57. The Bertz CT molecular complexity index is 104. The van der Waals surface area contributed by atoms with Crippen LogP contribution in [0, 0.1) is 0 Å². The van der Waals surface area contributed by atoms with Gasteiger partial charge in [0.05, 0.1) is 5.82 Å². The van der Waals surface area contributed by atoms with Crippen LogP contribution < -0.4 is 11.1 Å². The van der Waals surface area contributed by atoms with Gasteiger partial charge >= 0.3 is 0 Å². The number of nitrogens with one attached hydrogen (secondary N) is 1. The summed E-state index contributed by atoms with van der Waals surface area (Å²) in [5, 5.41) is 2.75. The molecule has 0 rings (SSSR count). The van der Waals surface area contributed by atoms with Crippen LogP contribution in [-0.4, -0.2) is 20.3 Å². The Morgan fingerprint density at radius 3 is 2.75 bits per heavy atom. The van der Waals surface area contributed by atoms with Crippen molar-refractivity contribution >= 4 is 6.21 Å². The lowest BCUT2D eigenvalue weighted by molar-refractivity contribution is 0.969. The summed E-state index contributed by atoms with van der Waals surface area (Å²) < 4.78 is 0. The third kappa shape index (κ3) is 3.21. The zero-order chi connectivity index (χ0) is 6.41. The minimum atomic E-state index is 0.621. The largest absolute Gasteiger partial charge is 0.386 e. The molecule has 3 heteroatoms. The van der Waals surface area contributed by atoms with E-state index in [4.69, 9.17) is 5.73 Å². The second-order valence-corrected chi connectivity index (χ2v) is 1.28. The van der Waals surface area contributed by atoms with Gasteiger partial charge in [-0.05, 0) is 6.08 Å². The number of nitrogens with two attached hydrogens (primary N) is 1. The minimum absolute atomic E-state index is 0.621. The molecule has 0 unspecified atom stereocenters. The van der Waals surface area contributed by atoms with Crippen molar-refractivity contribution in [2.24, 2.45) is 10.7 Å². The Morgan fingerprint density at radius 1 is 1.75 bits per heavy atom. The molecule has 0 aliphatic heterocycles. The van der Waals surface area contributed by atoms with Gasteiger partial charge in [0.15, 0.2) is 0 Å². The third-order valence-electron chi connectivity index (χ3n) is 0.692. The van der Waals surface area contributed by atoms with E-state index < -0.39 is 0 Å². The molecule has 3 nitrogen and oxygen atoms in total. The van der Waals surface area contributed by atoms with Gasteiger partial charge in [-0.3, -0.25) is 4.99 Å². The highest BCUT2D eigenvalue weighted by molar-refractivity contribution is 5.71. The molecule has 46 valence electrons. The number of rotatable bonds is 2. The van der Waals surface area contributed by atoms with Crippen molar-refractivity contribution in [1.29, 1.82) is 0 Å². The zero-order valence-corrected chi connectivity index (χ0v) is 5.18. The van der Waals surface area contributed by atoms with Crippen LogP contribution in [0.3, 0.4) is 0 Å². The number of nitrogens with zero attached hydrogens (tertiary/aromatic N) is 1. The summed E-state index contributed by atoms with van der Waals surface area (Å²) >= 11 is 0. The summed E-state index contributed by atoms with van der Waals surface area (Å²) in [5.41, 5.74) is 5.32. The van der Waals surface area contributed by atoms with Crippen molar-refractivity contribution in [3.05, 3.63) is 11.9 Å². The summed E-state index contributed by atoms with van der Waals surface area (Å²) in [4.78, 5) is 3.70. The Labute approximate surface area is 49.3 Å². The van der Waals surface area contributed by atoms with Crippen LogP contribution in [-0.2, 0) is 0 Å². The van der Waals surface area contributed by atoms with E-state index in [9.17, 15) is 0 Å². The van der Waals surface area contributed by atoms with Gasteiger partial charge in [0.1, 0.15) is 0 Å². The van der Waals surface area contributed by atoms with Gasteiger partial charge in [-0.15, -0.1) is 0 Å². The van der Waals surface area contributed by atoms with Crippen LogP contribution >= 0.6 is 0 Å². The predicted molar refractivity (Wildman–Crippen MR) is 35.7 cm³/mol. The van der Waals surface area contributed by atoms with Crippen LogP contribution in [0.1, 0.15) is 0 Å². The number of hydrogen-bond acceptors (Lipinski definition) is 3. The van der Waals surface area contributed by atoms with Gasteiger partial charge in [-0.25, -0.2) is 0 Å². The summed E-state index contributed by atoms with van der Waals surface area (Å²) in [6.07, 6.45) is 3.33. The first-order valence-electron chi connectivity index (χ1n) is 2.37. The van der Waals surface area contributed by atoms with E-state index >= 15 is 0 Å². The smallest absolute Gasteiger partial charge is 0.0972 e. The summed E-state index contributed by atoms with van der Waals surface area (Å²) in [5.74, 6) is 0.621. The van der Waals surface area contributed by atoms with E-state index in [1.165, 1.54) is 0 Å². The lowest BCUT2D eigenvalue weighted by Gasteiger charge is -1.92. The predicted octanol–water partition coefficient (Wildman–Crippen LogP) is -0.294. The number of aliphatic imine (C=N–C) groups is 1. The molecule has 0 bridgehead atoms. The fourth-order valence-electron chi connectivity index (χ4n) is 0.238. The highest BCUT2D eigenvalue weighted by Gasteiger charge is 1.73. The maximum Gasteiger partial charge on any atom is 0.0972 e. The molecule has 3 N–H and O–H groups in total. The molecule has 0 aromatic carbocycles. The number of allylic oxidation sites excluding steroid dienone is 1. The quantitative estimate of drug-likeness (QED) is 0.483. The number of hydrogen-bond donors (Lipinski definition) is 2. The Hall–Kier alpha value is -0.990. The van der Waals surface area contributed by atoms with Crippen LogP contribution in [0.15, 0.2) is 16.9 Å². The third-order valence-corrected chi connectivity index (χ3v) is 0.692. The van der Waals surface area contributed by atoms with Crippen LogP contribution in [0.2, 0.25) is 0 Å². The second kappa shape index (κ2) is 4.18. The standard InChI is InChI=1S/C5H11N3/c1-7-4-3-5(6)8-2/h3-4,8H,6H2,1-2H3/b5-3-,7-4-. The van der Waals surface area contributed by atoms with Gasteiger partial charge < -0.3 is 11.1 Å². The van der Waals surface area contributed by atoms with Crippen LogP contribution in [0.25, 0.3) is 0 Å². The molecular weight excluding hydrogens is 102 g/mol. The van der Waals surface area contributed by atoms with Crippen LogP contribution in [0.4, 0.5) is 0 Å². The molecule has 0 atom stereocenters. The maximum atomic E-state index is 5.32. The van der Waals surface area contributed by atoms with E-state index in [-0.39, 0.29) is 0 Å². The van der Waals surface area contributed by atoms with Crippen molar-refractivity contribution in [2.75, 3.05) is 14.1 Å². The molecule has 0 spiro atoms. The molecule has 0 aromatic heterocycles. The first-order valence-corrected chi connectivity index (χ1v) is 2.37. The first-order chi connectivity index (χ1) is 3.81. The minimum Gasteiger partial charge on any atom is -0.386 e. The molecule has 0 heterocycles. The van der Waals surface area contributed by atoms with E-state index in [2.05, 4.69) is 10.3 Å². The highest BCUT2D eigenvalue weighted by atomic mass is 14.9. The highest BCUT2D eigenvalue weighted by Crippen LogP contribution is 1.68. The topological polar surface area (TPSA) is 50.4 Å². The molecule has 0 amide bonds. The normalized spacial score (nSPS) is 12.5. The van der Waals surface area contributed by atoms with Crippen molar-refractivity contribution in [3.8, 4) is 0 Å². The lowest BCUT2D eigenvalue weighted by atomic mass is 10.6. The van der Waals surface area contributed by atoms with Gasteiger partial charge in [-0.2, -0.15) is 0 Å². The van der Waals surface area contributed by atoms with Crippen molar-refractivity contribution in [2.45, 2.75) is 0 Å². The van der Waals surface area contributed by atoms with Gasteiger partial charge in [0, 0.05) is 20.3 Å². The molecule has 8 heavy (non-hydrogen) atoms. The molecule has 0 aromatic rings. The molecule has 0 saturated heterocycles. The summed E-state index contributed by atoms with van der Waals surface area (Å²) in [6, 6.07) is 0.